The summed E-state index contributed by atoms with van der Waals surface area (Å²) in [6.45, 7) is 0.160. The highest BCUT2D eigenvalue weighted by Gasteiger charge is 2.35. The Hall–Kier alpha value is -1.99. The fraction of sp³-hybridized carbons (Fsp3) is 0.250. The molecule has 1 atom stereocenters. The van der Waals surface area contributed by atoms with E-state index in [0.29, 0.717) is 11.4 Å². The van der Waals surface area contributed by atoms with Crippen LogP contribution in [0.1, 0.15) is 22.7 Å². The minimum absolute atomic E-state index is 0.0452. The van der Waals surface area contributed by atoms with Crippen LogP contribution in [0.5, 0.6) is 5.88 Å². The molecule has 0 spiro atoms. The number of fused-ring (bicyclic) bond motifs is 1. The maximum absolute atomic E-state index is 13.2. The van der Waals surface area contributed by atoms with E-state index in [4.69, 9.17) is 27.9 Å². The molecule has 2 heterocycles. The van der Waals surface area contributed by atoms with Crippen LogP contribution >= 0.6 is 23.2 Å². The number of benzene rings is 1. The maximum atomic E-state index is 13.2. The molecule has 2 aromatic rings. The molecule has 4 nitrogen and oxygen atoms in total. The first-order valence-corrected chi connectivity index (χ1v) is 7.94. The monoisotopic (exact) mass is 390 g/mol. The number of hydrogen-bond acceptors (Lipinski definition) is 3. The summed E-state index contributed by atoms with van der Waals surface area (Å²) in [6.07, 6.45) is -3.65. The number of hydrogen-bond donors (Lipinski definition) is 1. The number of amides is 1. The summed E-state index contributed by atoms with van der Waals surface area (Å²) < 4.78 is 44.8. The number of aromatic nitrogens is 1. The van der Waals surface area contributed by atoms with Crippen molar-refractivity contribution in [3.8, 4) is 5.88 Å². The van der Waals surface area contributed by atoms with Gasteiger partial charge in [-0.3, -0.25) is 4.79 Å². The van der Waals surface area contributed by atoms with Gasteiger partial charge in [0.05, 0.1) is 28.1 Å². The van der Waals surface area contributed by atoms with E-state index in [9.17, 15) is 18.0 Å². The van der Waals surface area contributed by atoms with Crippen LogP contribution in [0, 0.1) is 0 Å². The third-order valence-corrected chi connectivity index (χ3v) is 4.58. The van der Waals surface area contributed by atoms with Gasteiger partial charge in [0, 0.05) is 11.8 Å². The van der Waals surface area contributed by atoms with Crippen molar-refractivity contribution in [3.05, 3.63) is 57.2 Å². The Balaban J connectivity index is 1.81. The van der Waals surface area contributed by atoms with E-state index in [0.717, 1.165) is 12.1 Å². The zero-order chi connectivity index (χ0) is 18.2. The predicted molar refractivity (Wildman–Crippen MR) is 85.8 cm³/mol. The minimum atomic E-state index is -4.64. The van der Waals surface area contributed by atoms with Crippen molar-refractivity contribution in [2.24, 2.45) is 0 Å². The topological polar surface area (TPSA) is 51.2 Å². The van der Waals surface area contributed by atoms with Crippen LogP contribution in [-0.2, 0) is 17.4 Å². The van der Waals surface area contributed by atoms with Crippen LogP contribution in [0.25, 0.3) is 0 Å². The summed E-state index contributed by atoms with van der Waals surface area (Å²) in [4.78, 5) is 16.3. The van der Waals surface area contributed by atoms with E-state index in [-0.39, 0.29) is 22.2 Å². The highest BCUT2D eigenvalue weighted by Crippen LogP contribution is 2.38. The number of carbonyl (C=O) groups excluding carboxylic acids is 1. The van der Waals surface area contributed by atoms with Gasteiger partial charge in [0.15, 0.2) is 0 Å². The lowest BCUT2D eigenvalue weighted by Gasteiger charge is -2.16. The second-order valence-corrected chi connectivity index (χ2v) is 6.18. The lowest BCUT2D eigenvalue weighted by Crippen LogP contribution is -2.31. The number of nitrogens with zero attached hydrogens (tertiary/aromatic N) is 1. The number of halogens is 5. The van der Waals surface area contributed by atoms with Crippen LogP contribution < -0.4 is 10.1 Å². The molecule has 1 amide bonds. The largest absolute Gasteiger partial charge is 0.475 e. The number of ether oxygens (including phenoxy) is 1. The molecule has 132 valence electrons. The molecule has 1 aromatic heterocycles. The standard InChI is InChI=1S/C16H11Cl2F3N2O2/c17-11-4-3-10(16(19,20)21)9(14(11)18)6-13(24)23-12-7-25-15-8(12)2-1-5-22-15/h1-5,12H,6-7H2,(H,23,24). The predicted octanol–water partition coefficient (Wildman–Crippen LogP) is 4.20. The molecular weight excluding hydrogens is 380 g/mol. The van der Waals surface area contributed by atoms with Crippen molar-refractivity contribution >= 4 is 29.1 Å². The van der Waals surface area contributed by atoms with Gasteiger partial charge in [-0.1, -0.05) is 23.2 Å². The summed E-state index contributed by atoms with van der Waals surface area (Å²) in [5.74, 6) is -0.232. The zero-order valence-electron chi connectivity index (χ0n) is 12.5. The van der Waals surface area contributed by atoms with Gasteiger partial charge >= 0.3 is 6.18 Å². The van der Waals surface area contributed by atoms with E-state index >= 15 is 0 Å². The van der Waals surface area contributed by atoms with Gasteiger partial charge in [0.1, 0.15) is 6.61 Å². The van der Waals surface area contributed by atoms with Crippen molar-refractivity contribution in [3.63, 3.8) is 0 Å². The van der Waals surface area contributed by atoms with Crippen molar-refractivity contribution in [1.82, 2.24) is 10.3 Å². The quantitative estimate of drug-likeness (QED) is 0.854. The molecule has 3 rings (SSSR count). The minimum Gasteiger partial charge on any atom is -0.475 e. The van der Waals surface area contributed by atoms with Crippen LogP contribution in [0.2, 0.25) is 10.0 Å². The second-order valence-electron chi connectivity index (χ2n) is 5.39. The van der Waals surface area contributed by atoms with E-state index in [2.05, 4.69) is 10.3 Å². The smallest absolute Gasteiger partial charge is 0.416 e. The third kappa shape index (κ3) is 3.67. The highest BCUT2D eigenvalue weighted by atomic mass is 35.5. The molecule has 1 aromatic carbocycles. The fourth-order valence-electron chi connectivity index (χ4n) is 2.60. The average Bonchev–Trinajstić information content (AvgIpc) is 2.94. The van der Waals surface area contributed by atoms with Crippen LogP contribution in [0.15, 0.2) is 30.5 Å². The lowest BCUT2D eigenvalue weighted by molar-refractivity contribution is -0.138. The van der Waals surface area contributed by atoms with Crippen LogP contribution in [-0.4, -0.2) is 17.5 Å². The van der Waals surface area contributed by atoms with Gasteiger partial charge in [-0.15, -0.1) is 0 Å². The number of rotatable bonds is 3. The van der Waals surface area contributed by atoms with E-state index in [1.165, 1.54) is 0 Å². The Morgan fingerprint density at radius 2 is 2.08 bits per heavy atom. The molecule has 1 N–H and O–H groups in total. The molecule has 0 bridgehead atoms. The molecule has 25 heavy (non-hydrogen) atoms. The SMILES string of the molecule is O=C(Cc1c(C(F)(F)F)ccc(Cl)c1Cl)NC1COc2ncccc21. The van der Waals surface area contributed by atoms with E-state index < -0.39 is 30.1 Å². The van der Waals surface area contributed by atoms with E-state index in [1.54, 1.807) is 18.3 Å². The maximum Gasteiger partial charge on any atom is 0.416 e. The first kappa shape index (κ1) is 17.8. The summed E-state index contributed by atoms with van der Waals surface area (Å²) in [5.41, 5.74) is -0.671. The Morgan fingerprint density at radius 3 is 2.80 bits per heavy atom. The van der Waals surface area contributed by atoms with Crippen molar-refractivity contribution in [2.75, 3.05) is 6.61 Å². The summed E-state index contributed by atoms with van der Waals surface area (Å²) >= 11 is 11.7. The second kappa shape index (κ2) is 6.72. The van der Waals surface area contributed by atoms with E-state index in [1.807, 2.05) is 0 Å². The van der Waals surface area contributed by atoms with Gasteiger partial charge in [-0.2, -0.15) is 13.2 Å². The van der Waals surface area contributed by atoms with Gasteiger partial charge in [-0.25, -0.2) is 4.98 Å². The molecule has 1 aliphatic heterocycles. The molecule has 0 saturated heterocycles. The van der Waals surface area contributed by atoms with Gasteiger partial charge in [-0.05, 0) is 29.8 Å². The van der Waals surface area contributed by atoms with Crippen LogP contribution in [0.4, 0.5) is 13.2 Å². The lowest BCUT2D eigenvalue weighted by atomic mass is 10.0. The molecular formula is C16H11Cl2F3N2O2. The highest BCUT2D eigenvalue weighted by molar-refractivity contribution is 6.42. The number of alkyl halides is 3. The molecule has 0 saturated carbocycles. The first-order valence-electron chi connectivity index (χ1n) is 7.18. The first-order chi connectivity index (χ1) is 11.8. The summed E-state index contributed by atoms with van der Waals surface area (Å²) in [6, 6.07) is 4.80. The summed E-state index contributed by atoms with van der Waals surface area (Å²) in [5, 5.41) is 2.31. The Kier molecular flexibility index (Phi) is 4.79. The Morgan fingerprint density at radius 1 is 1.32 bits per heavy atom. The number of pyridine rings is 1. The van der Waals surface area contributed by atoms with Crippen molar-refractivity contribution in [2.45, 2.75) is 18.6 Å². The molecule has 0 aliphatic carbocycles. The fourth-order valence-corrected chi connectivity index (χ4v) is 3.01. The number of nitrogens with one attached hydrogen (secondary N) is 1. The molecule has 0 radical (unpaired) electrons. The van der Waals surface area contributed by atoms with Crippen LogP contribution in [0.3, 0.4) is 0 Å². The van der Waals surface area contributed by atoms with Crippen molar-refractivity contribution < 1.29 is 22.7 Å². The number of carbonyl (C=O) groups is 1. The van der Waals surface area contributed by atoms with Gasteiger partial charge in [0.25, 0.3) is 0 Å². The zero-order valence-corrected chi connectivity index (χ0v) is 14.0. The Labute approximate surface area is 150 Å². The summed E-state index contributed by atoms with van der Waals surface area (Å²) in [7, 11) is 0. The van der Waals surface area contributed by atoms with Gasteiger partial charge in [0.2, 0.25) is 11.8 Å². The molecule has 1 unspecified atom stereocenters. The Bertz CT molecular complexity index is 828. The molecule has 1 aliphatic rings. The molecule has 9 heteroatoms. The molecule has 0 fully saturated rings. The average molecular weight is 391 g/mol. The third-order valence-electron chi connectivity index (χ3n) is 3.74. The normalized spacial score (nSPS) is 16.3. The van der Waals surface area contributed by atoms with Gasteiger partial charge < -0.3 is 10.1 Å². The van der Waals surface area contributed by atoms with Crippen molar-refractivity contribution in [1.29, 1.82) is 0 Å².